The van der Waals surface area contributed by atoms with Gasteiger partial charge in [0, 0.05) is 5.69 Å². The van der Waals surface area contributed by atoms with Gasteiger partial charge in [-0.3, -0.25) is 4.79 Å². The minimum atomic E-state index is -0.245. The van der Waals surface area contributed by atoms with Crippen molar-refractivity contribution in [2.75, 3.05) is 5.32 Å². The van der Waals surface area contributed by atoms with E-state index in [0.29, 0.717) is 10.6 Å². The van der Waals surface area contributed by atoms with E-state index >= 15 is 0 Å². The second-order valence-electron chi connectivity index (χ2n) is 3.09. The fraction of sp³-hybridized carbons (Fsp3) is 0.100. The maximum absolute atomic E-state index is 11.6. The molecule has 0 aliphatic heterocycles. The molecule has 0 saturated carbocycles. The molecule has 1 aromatic heterocycles. The van der Waals surface area contributed by atoms with Gasteiger partial charge in [-0.2, -0.15) is 0 Å². The molecule has 0 aliphatic carbocycles. The van der Waals surface area contributed by atoms with Crippen LogP contribution in [0.15, 0.2) is 30.5 Å². The van der Waals surface area contributed by atoms with Crippen molar-refractivity contribution in [3.63, 3.8) is 0 Å². The van der Waals surface area contributed by atoms with E-state index in [1.54, 1.807) is 24.3 Å². The van der Waals surface area contributed by atoms with E-state index in [0.717, 1.165) is 17.1 Å². The highest BCUT2D eigenvalue weighted by molar-refractivity contribution is 7.07. The monoisotopic (exact) mass is 235 g/mol. The van der Waals surface area contributed by atoms with Crippen LogP contribution in [0.1, 0.15) is 15.2 Å². The van der Waals surface area contributed by atoms with Gasteiger partial charge in [-0.25, -0.2) is 0 Å². The Bertz CT molecular complexity index is 485. The molecule has 0 saturated heterocycles. The van der Waals surface area contributed by atoms with Crippen LogP contribution in [0.25, 0.3) is 0 Å². The number of aliphatic hydroxyl groups excluding tert-OH is 1. The fourth-order valence-corrected chi connectivity index (χ4v) is 1.62. The van der Waals surface area contributed by atoms with Crippen LogP contribution in [0, 0.1) is 0 Å². The molecule has 1 heterocycles. The van der Waals surface area contributed by atoms with Crippen molar-refractivity contribution in [3.05, 3.63) is 40.9 Å². The highest BCUT2D eigenvalue weighted by Crippen LogP contribution is 2.12. The van der Waals surface area contributed by atoms with Crippen LogP contribution in [-0.4, -0.2) is 20.6 Å². The maximum atomic E-state index is 11.6. The molecule has 0 fully saturated rings. The summed E-state index contributed by atoms with van der Waals surface area (Å²) in [5.74, 6) is -0.245. The summed E-state index contributed by atoms with van der Waals surface area (Å²) in [7, 11) is 0. The molecule has 0 unspecified atom stereocenters. The standard InChI is InChI=1S/C10H9N3O2S/c14-6-7-2-1-3-8(4-7)12-10(15)9-5-11-13-16-9/h1-5,14H,6H2,(H,12,15). The first-order chi connectivity index (χ1) is 7.79. The lowest BCUT2D eigenvalue weighted by Gasteiger charge is -2.04. The molecule has 0 bridgehead atoms. The Morgan fingerprint density at radius 1 is 1.50 bits per heavy atom. The molecule has 2 aromatic rings. The van der Waals surface area contributed by atoms with Crippen molar-refractivity contribution in [2.24, 2.45) is 0 Å². The Morgan fingerprint density at radius 2 is 2.38 bits per heavy atom. The van der Waals surface area contributed by atoms with Gasteiger partial charge >= 0.3 is 0 Å². The molecule has 0 aliphatic rings. The third-order valence-electron chi connectivity index (χ3n) is 1.95. The summed E-state index contributed by atoms with van der Waals surface area (Å²) in [5, 5.41) is 15.2. The first kappa shape index (κ1) is 10.7. The maximum Gasteiger partial charge on any atom is 0.269 e. The zero-order chi connectivity index (χ0) is 11.4. The zero-order valence-electron chi connectivity index (χ0n) is 8.25. The van der Waals surface area contributed by atoms with Crippen LogP contribution in [0.3, 0.4) is 0 Å². The number of hydrogen-bond donors (Lipinski definition) is 2. The summed E-state index contributed by atoms with van der Waals surface area (Å²) in [5.41, 5.74) is 1.39. The number of nitrogens with zero attached hydrogens (tertiary/aromatic N) is 2. The quantitative estimate of drug-likeness (QED) is 0.840. The Kier molecular flexibility index (Phi) is 3.23. The summed E-state index contributed by atoms with van der Waals surface area (Å²) in [6, 6.07) is 7.02. The van der Waals surface area contributed by atoms with Crippen molar-refractivity contribution in [3.8, 4) is 0 Å². The molecule has 0 spiro atoms. The summed E-state index contributed by atoms with van der Waals surface area (Å²) in [6.07, 6.45) is 1.41. The van der Waals surface area contributed by atoms with Crippen LogP contribution in [0.5, 0.6) is 0 Å². The lowest BCUT2D eigenvalue weighted by molar-refractivity contribution is 0.103. The molecule has 1 amide bonds. The average molecular weight is 235 g/mol. The van der Waals surface area contributed by atoms with Gasteiger partial charge in [0.05, 0.1) is 12.8 Å². The average Bonchev–Trinajstić information content (AvgIpc) is 2.83. The van der Waals surface area contributed by atoms with Crippen molar-refractivity contribution in [1.82, 2.24) is 9.59 Å². The number of benzene rings is 1. The van der Waals surface area contributed by atoms with Gasteiger partial charge in [-0.15, -0.1) is 5.10 Å². The number of aliphatic hydroxyl groups is 1. The van der Waals surface area contributed by atoms with Gasteiger partial charge in [0.15, 0.2) is 0 Å². The molecular formula is C10H9N3O2S. The molecule has 2 rings (SSSR count). The lowest BCUT2D eigenvalue weighted by Crippen LogP contribution is -2.10. The number of anilines is 1. The molecule has 82 valence electrons. The smallest absolute Gasteiger partial charge is 0.269 e. The van der Waals surface area contributed by atoms with E-state index in [2.05, 4.69) is 14.9 Å². The Hall–Kier alpha value is -1.79. The second kappa shape index (κ2) is 4.82. The molecule has 1 aromatic carbocycles. The molecule has 2 N–H and O–H groups in total. The van der Waals surface area contributed by atoms with Crippen LogP contribution in [0.4, 0.5) is 5.69 Å². The van der Waals surface area contributed by atoms with Crippen molar-refractivity contribution >= 4 is 23.1 Å². The number of amides is 1. The summed E-state index contributed by atoms with van der Waals surface area (Å²) in [6.45, 7) is -0.0498. The Labute approximate surface area is 95.9 Å². The SMILES string of the molecule is O=C(Nc1cccc(CO)c1)c1cnns1. The Morgan fingerprint density at radius 3 is 3.06 bits per heavy atom. The van der Waals surface area contributed by atoms with Crippen LogP contribution in [0.2, 0.25) is 0 Å². The Balaban J connectivity index is 2.12. The third kappa shape index (κ3) is 2.41. The van der Waals surface area contributed by atoms with Crippen LogP contribution in [-0.2, 0) is 6.61 Å². The van der Waals surface area contributed by atoms with E-state index in [9.17, 15) is 4.79 Å². The molecule has 5 nitrogen and oxygen atoms in total. The molecular weight excluding hydrogens is 226 g/mol. The number of aromatic nitrogens is 2. The predicted molar refractivity (Wildman–Crippen MR) is 60.2 cm³/mol. The normalized spacial score (nSPS) is 10.1. The van der Waals surface area contributed by atoms with Crippen LogP contribution >= 0.6 is 11.5 Å². The highest BCUT2D eigenvalue weighted by atomic mass is 32.1. The van der Waals surface area contributed by atoms with Crippen molar-refractivity contribution < 1.29 is 9.90 Å². The van der Waals surface area contributed by atoms with Gasteiger partial charge in [0.2, 0.25) is 0 Å². The summed E-state index contributed by atoms with van der Waals surface area (Å²) < 4.78 is 3.61. The summed E-state index contributed by atoms with van der Waals surface area (Å²) in [4.78, 5) is 12.1. The molecule has 0 atom stereocenters. The third-order valence-corrected chi connectivity index (χ3v) is 2.62. The topological polar surface area (TPSA) is 75.1 Å². The van der Waals surface area contributed by atoms with E-state index in [1.165, 1.54) is 6.20 Å². The largest absolute Gasteiger partial charge is 0.392 e. The van der Waals surface area contributed by atoms with E-state index in [-0.39, 0.29) is 12.5 Å². The van der Waals surface area contributed by atoms with Gasteiger partial charge in [0.25, 0.3) is 5.91 Å². The van der Waals surface area contributed by atoms with E-state index in [4.69, 9.17) is 5.11 Å². The minimum absolute atomic E-state index is 0.0498. The highest BCUT2D eigenvalue weighted by Gasteiger charge is 2.08. The van der Waals surface area contributed by atoms with Gasteiger partial charge < -0.3 is 10.4 Å². The lowest BCUT2D eigenvalue weighted by atomic mass is 10.2. The van der Waals surface area contributed by atoms with Crippen LogP contribution < -0.4 is 5.32 Å². The van der Waals surface area contributed by atoms with E-state index < -0.39 is 0 Å². The minimum Gasteiger partial charge on any atom is -0.392 e. The second-order valence-corrected chi connectivity index (χ2v) is 3.88. The predicted octanol–water partition coefficient (Wildman–Crippen LogP) is 1.28. The van der Waals surface area contributed by atoms with Crippen molar-refractivity contribution in [2.45, 2.75) is 6.61 Å². The molecule has 16 heavy (non-hydrogen) atoms. The van der Waals surface area contributed by atoms with Gasteiger partial charge in [0.1, 0.15) is 4.88 Å². The van der Waals surface area contributed by atoms with E-state index in [1.807, 2.05) is 0 Å². The number of rotatable bonds is 3. The first-order valence-electron chi connectivity index (χ1n) is 4.58. The fourth-order valence-electron chi connectivity index (χ4n) is 1.21. The molecule has 0 radical (unpaired) electrons. The zero-order valence-corrected chi connectivity index (χ0v) is 9.07. The van der Waals surface area contributed by atoms with Gasteiger partial charge in [-0.05, 0) is 29.2 Å². The molecule has 6 heteroatoms. The number of nitrogens with one attached hydrogen (secondary N) is 1. The van der Waals surface area contributed by atoms with Gasteiger partial charge in [-0.1, -0.05) is 16.6 Å². The first-order valence-corrected chi connectivity index (χ1v) is 5.35. The van der Waals surface area contributed by atoms with Crippen molar-refractivity contribution in [1.29, 1.82) is 0 Å². The number of carbonyl (C=O) groups excluding carboxylic acids is 1. The summed E-state index contributed by atoms with van der Waals surface area (Å²) >= 11 is 1.04. The number of hydrogen-bond acceptors (Lipinski definition) is 5. The number of carbonyl (C=O) groups is 1.